The van der Waals surface area contributed by atoms with Gasteiger partial charge in [0.25, 0.3) is 0 Å². The van der Waals surface area contributed by atoms with Crippen molar-refractivity contribution < 1.29 is 13.6 Å². The highest BCUT2D eigenvalue weighted by atomic mass is 31.2. The first-order chi connectivity index (χ1) is 8.07. The van der Waals surface area contributed by atoms with Crippen molar-refractivity contribution in [3.05, 3.63) is 23.8 Å². The Morgan fingerprint density at radius 1 is 1.35 bits per heavy atom. The third-order valence-corrected chi connectivity index (χ3v) is 4.23. The van der Waals surface area contributed by atoms with Crippen molar-refractivity contribution in [2.24, 2.45) is 0 Å². The summed E-state index contributed by atoms with van der Waals surface area (Å²) in [5, 5.41) is 9.07. The van der Waals surface area contributed by atoms with Gasteiger partial charge in [0.15, 0.2) is 0 Å². The fourth-order valence-corrected chi connectivity index (χ4v) is 3.09. The first-order valence-electron chi connectivity index (χ1n) is 5.26. The number of nitrogens with zero attached hydrogens (tertiary/aromatic N) is 1. The first kappa shape index (κ1) is 13.7. The van der Waals surface area contributed by atoms with Crippen LogP contribution in [-0.2, 0) is 13.6 Å². The Bertz CT molecular complexity index is 472. The largest absolute Gasteiger partial charge is 0.398 e. The molecule has 0 aliphatic carbocycles. The smallest absolute Gasteiger partial charge is 0.363 e. The molecule has 0 aliphatic rings. The van der Waals surface area contributed by atoms with Gasteiger partial charge in [-0.15, -0.1) is 0 Å². The van der Waals surface area contributed by atoms with Gasteiger partial charge < -0.3 is 14.8 Å². The summed E-state index contributed by atoms with van der Waals surface area (Å²) < 4.78 is 22.8. The molecule has 1 aromatic carbocycles. The molecule has 0 saturated carbocycles. The quantitative estimate of drug-likeness (QED) is 0.641. The molecule has 6 heteroatoms. The second kappa shape index (κ2) is 5.83. The molecule has 0 bridgehead atoms. The van der Waals surface area contributed by atoms with Crippen LogP contribution in [0.2, 0.25) is 0 Å². The van der Waals surface area contributed by atoms with Gasteiger partial charge in [-0.3, -0.25) is 4.57 Å². The van der Waals surface area contributed by atoms with Crippen molar-refractivity contribution in [1.82, 2.24) is 0 Å². The van der Waals surface area contributed by atoms with Crippen LogP contribution in [0, 0.1) is 11.3 Å². The predicted molar refractivity (Wildman–Crippen MR) is 66.1 cm³/mol. The van der Waals surface area contributed by atoms with Crippen LogP contribution in [0.1, 0.15) is 19.4 Å². The Hall–Kier alpha value is -1.34. The maximum Gasteiger partial charge on any atom is 0.363 e. The molecule has 2 N–H and O–H groups in total. The van der Waals surface area contributed by atoms with Gasteiger partial charge in [-0.25, -0.2) is 0 Å². The topological polar surface area (TPSA) is 85.3 Å². The summed E-state index contributed by atoms with van der Waals surface area (Å²) >= 11 is 0. The Morgan fingerprint density at radius 2 is 1.94 bits per heavy atom. The van der Waals surface area contributed by atoms with Crippen LogP contribution in [-0.4, -0.2) is 13.2 Å². The number of benzene rings is 1. The highest BCUT2D eigenvalue weighted by Gasteiger charge is 2.29. The lowest BCUT2D eigenvalue weighted by atomic mass is 10.2. The molecule has 0 aliphatic heterocycles. The molecule has 0 fully saturated rings. The van der Waals surface area contributed by atoms with E-state index in [1.807, 2.05) is 6.07 Å². The van der Waals surface area contributed by atoms with Gasteiger partial charge in [0.1, 0.15) is 0 Å². The molecule has 0 saturated heterocycles. The van der Waals surface area contributed by atoms with Crippen molar-refractivity contribution in [2.75, 3.05) is 18.9 Å². The van der Waals surface area contributed by atoms with Gasteiger partial charge in [-0.2, -0.15) is 5.26 Å². The third kappa shape index (κ3) is 3.07. The molecular formula is C11H15N2O3P. The lowest BCUT2D eigenvalue weighted by Gasteiger charge is -2.18. The molecule has 1 aromatic rings. The number of nitriles is 1. The molecule has 0 spiro atoms. The zero-order valence-corrected chi connectivity index (χ0v) is 10.7. The summed E-state index contributed by atoms with van der Waals surface area (Å²) in [6, 6.07) is 6.49. The average Bonchev–Trinajstić information content (AvgIpc) is 2.30. The molecule has 92 valence electrons. The molecular weight excluding hydrogens is 239 g/mol. The molecule has 0 radical (unpaired) electrons. The van der Waals surface area contributed by atoms with Crippen LogP contribution in [0.15, 0.2) is 18.2 Å². The summed E-state index contributed by atoms with van der Waals surface area (Å²) in [5.74, 6) is 0. The number of hydrogen-bond donors (Lipinski definition) is 1. The van der Waals surface area contributed by atoms with Crippen LogP contribution in [0.25, 0.3) is 0 Å². The Kier molecular flexibility index (Phi) is 4.71. The van der Waals surface area contributed by atoms with E-state index in [-0.39, 0.29) is 18.5 Å². The van der Waals surface area contributed by atoms with E-state index in [0.717, 1.165) is 0 Å². The molecule has 0 atom stereocenters. The zero-order valence-electron chi connectivity index (χ0n) is 9.84. The van der Waals surface area contributed by atoms with Crippen molar-refractivity contribution in [1.29, 1.82) is 5.26 Å². The normalized spacial score (nSPS) is 11.1. The van der Waals surface area contributed by atoms with Crippen LogP contribution < -0.4 is 11.0 Å². The SMILES string of the molecule is CCOP(=O)(OCC)c1cc(C#N)ccc1N. The molecule has 0 heterocycles. The molecule has 0 unspecified atom stereocenters. The van der Waals surface area contributed by atoms with Crippen LogP contribution in [0.3, 0.4) is 0 Å². The number of rotatable bonds is 5. The van der Waals surface area contributed by atoms with Crippen LogP contribution >= 0.6 is 7.60 Å². The second-order valence-corrected chi connectivity index (χ2v) is 5.21. The minimum atomic E-state index is -3.43. The van der Waals surface area contributed by atoms with E-state index >= 15 is 0 Å². The minimum absolute atomic E-state index is 0.244. The molecule has 0 amide bonds. The fraction of sp³-hybridized carbons (Fsp3) is 0.364. The maximum atomic E-state index is 12.5. The third-order valence-electron chi connectivity index (χ3n) is 2.05. The van der Waals surface area contributed by atoms with E-state index in [0.29, 0.717) is 11.3 Å². The monoisotopic (exact) mass is 254 g/mol. The van der Waals surface area contributed by atoms with Gasteiger partial charge in [-0.05, 0) is 32.0 Å². The van der Waals surface area contributed by atoms with E-state index in [1.165, 1.54) is 12.1 Å². The summed E-state index contributed by atoms with van der Waals surface area (Å²) in [6.45, 7) is 3.92. The molecule has 5 nitrogen and oxygen atoms in total. The van der Waals surface area contributed by atoms with E-state index in [1.54, 1.807) is 19.9 Å². The van der Waals surface area contributed by atoms with Crippen LogP contribution in [0.4, 0.5) is 5.69 Å². The van der Waals surface area contributed by atoms with E-state index in [9.17, 15) is 4.57 Å². The Morgan fingerprint density at radius 3 is 2.41 bits per heavy atom. The number of anilines is 1. The van der Waals surface area contributed by atoms with Gasteiger partial charge in [-0.1, -0.05) is 0 Å². The summed E-state index contributed by atoms with van der Waals surface area (Å²) in [5.41, 5.74) is 6.42. The zero-order chi connectivity index (χ0) is 12.9. The maximum absolute atomic E-state index is 12.5. The minimum Gasteiger partial charge on any atom is -0.398 e. The molecule has 17 heavy (non-hydrogen) atoms. The van der Waals surface area contributed by atoms with Gasteiger partial charge in [0.2, 0.25) is 0 Å². The second-order valence-electron chi connectivity index (χ2n) is 3.22. The van der Waals surface area contributed by atoms with E-state index in [4.69, 9.17) is 20.0 Å². The lowest BCUT2D eigenvalue weighted by Crippen LogP contribution is -2.15. The Labute approximate surface area is 101 Å². The van der Waals surface area contributed by atoms with E-state index < -0.39 is 7.60 Å². The van der Waals surface area contributed by atoms with Crippen molar-refractivity contribution in [2.45, 2.75) is 13.8 Å². The van der Waals surface area contributed by atoms with E-state index in [2.05, 4.69) is 0 Å². The molecule has 0 aromatic heterocycles. The van der Waals surface area contributed by atoms with Gasteiger partial charge in [0.05, 0.1) is 30.2 Å². The van der Waals surface area contributed by atoms with Gasteiger partial charge in [0, 0.05) is 5.69 Å². The highest BCUT2D eigenvalue weighted by molar-refractivity contribution is 7.62. The van der Waals surface area contributed by atoms with Gasteiger partial charge >= 0.3 is 7.60 Å². The van der Waals surface area contributed by atoms with Crippen LogP contribution in [0.5, 0.6) is 0 Å². The van der Waals surface area contributed by atoms with Crippen molar-refractivity contribution >= 4 is 18.6 Å². The number of nitrogen functional groups attached to an aromatic ring is 1. The van der Waals surface area contributed by atoms with Crippen molar-refractivity contribution in [3.63, 3.8) is 0 Å². The summed E-state index contributed by atoms with van der Waals surface area (Å²) in [4.78, 5) is 0. The standard InChI is InChI=1S/C11H15N2O3P/c1-3-15-17(14,16-4-2)11-7-9(8-12)5-6-10(11)13/h5-7H,3-4,13H2,1-2H3. The summed E-state index contributed by atoms with van der Waals surface area (Å²) in [6.07, 6.45) is 0. The highest BCUT2D eigenvalue weighted by Crippen LogP contribution is 2.48. The van der Waals surface area contributed by atoms with Crippen molar-refractivity contribution in [3.8, 4) is 6.07 Å². The number of nitrogens with two attached hydrogens (primary N) is 1. The lowest BCUT2D eigenvalue weighted by molar-refractivity contribution is 0.230. The first-order valence-corrected chi connectivity index (χ1v) is 6.81. The fourth-order valence-electron chi connectivity index (χ4n) is 1.37. The Balaban J connectivity index is 3.27. The molecule has 1 rings (SSSR count). The average molecular weight is 254 g/mol. The summed E-state index contributed by atoms with van der Waals surface area (Å²) in [7, 11) is -3.43. The predicted octanol–water partition coefficient (Wildman–Crippen LogP) is 2.03. The number of hydrogen-bond acceptors (Lipinski definition) is 5.